The Labute approximate surface area is 231 Å². The van der Waals surface area contributed by atoms with Crippen LogP contribution in [0.1, 0.15) is 68.9 Å². The highest BCUT2D eigenvalue weighted by Crippen LogP contribution is 2.40. The highest BCUT2D eigenvalue weighted by atomic mass is 19.1. The van der Waals surface area contributed by atoms with Crippen LogP contribution in [0.3, 0.4) is 0 Å². The number of rotatable bonds is 9. The average molecular weight is 537 g/mol. The summed E-state index contributed by atoms with van der Waals surface area (Å²) in [6.45, 7) is 1.73. The van der Waals surface area contributed by atoms with E-state index in [0.29, 0.717) is 34.8 Å². The van der Waals surface area contributed by atoms with Gasteiger partial charge in [0.05, 0.1) is 34.2 Å². The molecule has 1 aliphatic carbocycles. The number of hydrogen-bond donors (Lipinski definition) is 3. The molecule has 1 fully saturated rings. The highest BCUT2D eigenvalue weighted by molar-refractivity contribution is 6.03. The molecule has 2 amide bonds. The summed E-state index contributed by atoms with van der Waals surface area (Å²) >= 11 is 0. The Bertz CT molecular complexity index is 1650. The summed E-state index contributed by atoms with van der Waals surface area (Å²) in [6.07, 6.45) is 3.83. The molecule has 9 heteroatoms. The van der Waals surface area contributed by atoms with Crippen molar-refractivity contribution < 1.29 is 14.0 Å². The lowest BCUT2D eigenvalue weighted by atomic mass is 9.79. The van der Waals surface area contributed by atoms with E-state index in [4.69, 9.17) is 11.5 Å². The zero-order chi connectivity index (χ0) is 28.4. The number of primary amides is 1. The molecule has 5 rings (SSSR count). The van der Waals surface area contributed by atoms with Crippen LogP contribution < -0.4 is 16.8 Å². The third kappa shape index (κ3) is 5.48. The molecule has 0 saturated heterocycles. The first-order chi connectivity index (χ1) is 19.2. The molecule has 0 bridgehead atoms. The molecule has 40 heavy (non-hydrogen) atoms. The number of carbonyl (C=O) groups excluding carboxylic acids is 2. The van der Waals surface area contributed by atoms with Crippen molar-refractivity contribution >= 4 is 17.5 Å². The number of nitrogens with zero attached hydrogens (tertiary/aromatic N) is 3. The number of carbonyl (C=O) groups is 2. The molecule has 5 N–H and O–H groups in total. The summed E-state index contributed by atoms with van der Waals surface area (Å²) in [6, 6.07) is 21.8. The second kappa shape index (κ2) is 10.8. The van der Waals surface area contributed by atoms with Crippen molar-refractivity contribution in [2.75, 3.05) is 5.32 Å². The monoisotopic (exact) mass is 536 g/mol. The van der Waals surface area contributed by atoms with Gasteiger partial charge in [0.15, 0.2) is 0 Å². The fourth-order valence-corrected chi connectivity index (χ4v) is 4.89. The summed E-state index contributed by atoms with van der Waals surface area (Å²) in [5, 5.41) is 16.5. The van der Waals surface area contributed by atoms with E-state index >= 15 is 4.39 Å². The molecule has 0 aliphatic heterocycles. The van der Waals surface area contributed by atoms with Gasteiger partial charge in [-0.2, -0.15) is 10.4 Å². The number of aryl methyl sites for hydroxylation is 1. The molecule has 1 aliphatic rings. The summed E-state index contributed by atoms with van der Waals surface area (Å²) in [5.41, 5.74) is 14.7. The summed E-state index contributed by atoms with van der Waals surface area (Å²) < 4.78 is 16.5. The highest BCUT2D eigenvalue weighted by Gasteiger charge is 2.34. The number of amides is 2. The Morgan fingerprint density at radius 1 is 1.10 bits per heavy atom. The Morgan fingerprint density at radius 2 is 1.85 bits per heavy atom. The van der Waals surface area contributed by atoms with Crippen molar-refractivity contribution in [3.63, 3.8) is 0 Å². The van der Waals surface area contributed by atoms with Gasteiger partial charge in [-0.15, -0.1) is 0 Å². The summed E-state index contributed by atoms with van der Waals surface area (Å²) in [4.78, 5) is 25.1. The smallest absolute Gasteiger partial charge is 0.274 e. The number of halogens is 1. The molecule has 8 nitrogen and oxygen atoms in total. The predicted octanol–water partition coefficient (Wildman–Crippen LogP) is 4.94. The Kier molecular flexibility index (Phi) is 7.20. The molecule has 1 atom stereocenters. The van der Waals surface area contributed by atoms with Gasteiger partial charge in [0, 0.05) is 5.56 Å². The quantitative estimate of drug-likeness (QED) is 0.278. The van der Waals surface area contributed by atoms with Crippen molar-refractivity contribution in [2.45, 2.75) is 38.1 Å². The van der Waals surface area contributed by atoms with Crippen LogP contribution in [0.2, 0.25) is 0 Å². The SMILES string of the molecule is Cc1cc(C(=O)Nc2cc(C(N)(CCC3CC3)c3cccc(C#N)c3)ccc2F)n(-c2cccc(C(N)=O)c2)n1. The van der Waals surface area contributed by atoms with Crippen molar-refractivity contribution in [2.24, 2.45) is 17.4 Å². The second-order valence-electron chi connectivity index (χ2n) is 10.3. The predicted molar refractivity (Wildman–Crippen MR) is 149 cm³/mol. The van der Waals surface area contributed by atoms with Gasteiger partial charge in [-0.3, -0.25) is 9.59 Å². The maximum absolute atomic E-state index is 15.1. The third-order valence-corrected chi connectivity index (χ3v) is 7.32. The zero-order valence-electron chi connectivity index (χ0n) is 22.0. The van der Waals surface area contributed by atoms with Gasteiger partial charge < -0.3 is 16.8 Å². The minimum absolute atomic E-state index is 0.0310. The summed E-state index contributed by atoms with van der Waals surface area (Å²) in [7, 11) is 0. The lowest BCUT2D eigenvalue weighted by molar-refractivity contribution is 0.0997. The second-order valence-corrected chi connectivity index (χ2v) is 10.3. The number of nitrogens with two attached hydrogens (primary N) is 2. The van der Waals surface area contributed by atoms with Gasteiger partial charge in [0.2, 0.25) is 5.91 Å². The molecule has 1 heterocycles. The standard InChI is InChI=1S/C31H29FN6O2/c1-19-14-28(38(37-19)25-7-3-5-22(16-25)29(34)39)30(40)36-27-17-24(10-11-26(27)32)31(35,13-12-20-8-9-20)23-6-2-4-21(15-23)18-33/h2-7,10-11,14-17,20H,8-9,12-13,35H2,1H3,(H2,34,39)(H,36,40). The first-order valence-corrected chi connectivity index (χ1v) is 13.1. The lowest BCUT2D eigenvalue weighted by Gasteiger charge is -2.32. The summed E-state index contributed by atoms with van der Waals surface area (Å²) in [5.74, 6) is -1.21. The number of benzene rings is 3. The van der Waals surface area contributed by atoms with E-state index in [2.05, 4.69) is 16.5 Å². The number of aromatic nitrogens is 2. The molecule has 1 aromatic heterocycles. The molecular formula is C31H29FN6O2. The number of nitrogens with one attached hydrogen (secondary N) is 1. The molecule has 4 aromatic rings. The first kappa shape index (κ1) is 26.8. The maximum atomic E-state index is 15.1. The molecule has 0 radical (unpaired) electrons. The van der Waals surface area contributed by atoms with Crippen molar-refractivity contribution in [3.05, 3.63) is 112 Å². The van der Waals surface area contributed by atoms with E-state index in [1.54, 1.807) is 61.5 Å². The van der Waals surface area contributed by atoms with Gasteiger partial charge >= 0.3 is 0 Å². The van der Waals surface area contributed by atoms with E-state index < -0.39 is 23.2 Å². The van der Waals surface area contributed by atoms with Gasteiger partial charge in [-0.25, -0.2) is 9.07 Å². The largest absolute Gasteiger partial charge is 0.366 e. The fraction of sp³-hybridized carbons (Fsp3) is 0.226. The van der Waals surface area contributed by atoms with Crippen molar-refractivity contribution in [1.82, 2.24) is 9.78 Å². The van der Waals surface area contributed by atoms with Crippen LogP contribution in [-0.4, -0.2) is 21.6 Å². The maximum Gasteiger partial charge on any atom is 0.274 e. The van der Waals surface area contributed by atoms with Gasteiger partial charge in [-0.05, 0) is 85.3 Å². The van der Waals surface area contributed by atoms with Crippen molar-refractivity contribution in [3.8, 4) is 11.8 Å². The van der Waals surface area contributed by atoms with Crippen LogP contribution in [0.5, 0.6) is 0 Å². The molecular weight excluding hydrogens is 507 g/mol. The van der Waals surface area contributed by atoms with Gasteiger partial charge in [-0.1, -0.05) is 37.1 Å². The van der Waals surface area contributed by atoms with Crippen LogP contribution in [0.15, 0.2) is 72.8 Å². The van der Waals surface area contributed by atoms with Gasteiger partial charge in [0.25, 0.3) is 5.91 Å². The lowest BCUT2D eigenvalue weighted by Crippen LogP contribution is -2.38. The van der Waals surface area contributed by atoms with E-state index in [1.807, 2.05) is 6.07 Å². The fourth-order valence-electron chi connectivity index (χ4n) is 4.89. The number of anilines is 1. The topological polar surface area (TPSA) is 140 Å². The molecule has 3 aromatic carbocycles. The molecule has 0 spiro atoms. The molecule has 202 valence electrons. The molecule has 1 unspecified atom stereocenters. The van der Waals surface area contributed by atoms with E-state index in [1.165, 1.54) is 16.8 Å². The van der Waals surface area contributed by atoms with Crippen LogP contribution >= 0.6 is 0 Å². The van der Waals surface area contributed by atoms with Crippen LogP contribution in [0.4, 0.5) is 10.1 Å². The van der Waals surface area contributed by atoms with Crippen LogP contribution in [0.25, 0.3) is 5.69 Å². The van der Waals surface area contributed by atoms with Gasteiger partial charge in [0.1, 0.15) is 11.5 Å². The van der Waals surface area contributed by atoms with Crippen molar-refractivity contribution in [1.29, 1.82) is 5.26 Å². The zero-order valence-corrected chi connectivity index (χ0v) is 22.0. The third-order valence-electron chi connectivity index (χ3n) is 7.32. The minimum atomic E-state index is -0.990. The Hall–Kier alpha value is -4.81. The Morgan fingerprint density at radius 3 is 2.58 bits per heavy atom. The molecule has 1 saturated carbocycles. The number of hydrogen-bond acceptors (Lipinski definition) is 5. The minimum Gasteiger partial charge on any atom is -0.366 e. The number of nitriles is 1. The van der Waals surface area contributed by atoms with Crippen LogP contribution in [-0.2, 0) is 5.54 Å². The normalized spacial score (nSPS) is 14.2. The van der Waals surface area contributed by atoms with E-state index in [-0.39, 0.29) is 16.9 Å². The van der Waals surface area contributed by atoms with E-state index in [9.17, 15) is 14.9 Å². The van der Waals surface area contributed by atoms with Crippen LogP contribution in [0, 0.1) is 30.0 Å². The first-order valence-electron chi connectivity index (χ1n) is 13.1. The average Bonchev–Trinajstić information content (AvgIpc) is 3.71. The Balaban J connectivity index is 1.49. The van der Waals surface area contributed by atoms with E-state index in [0.717, 1.165) is 24.8 Å².